The van der Waals surface area contributed by atoms with Crippen LogP contribution in [0.1, 0.15) is 6.92 Å². The fourth-order valence-electron chi connectivity index (χ4n) is 2.19. The van der Waals surface area contributed by atoms with Crippen molar-refractivity contribution in [1.29, 1.82) is 0 Å². The molecule has 1 saturated heterocycles. The van der Waals surface area contributed by atoms with Crippen molar-refractivity contribution in [2.24, 2.45) is 0 Å². The van der Waals surface area contributed by atoms with Gasteiger partial charge in [0.2, 0.25) is 0 Å². The molecule has 0 spiro atoms. The molecule has 0 unspecified atom stereocenters. The molecule has 104 valence electrons. The molecule has 1 aliphatic heterocycles. The van der Waals surface area contributed by atoms with E-state index in [9.17, 15) is 4.79 Å². The van der Waals surface area contributed by atoms with Crippen molar-refractivity contribution in [3.8, 4) is 0 Å². The van der Waals surface area contributed by atoms with Crippen LogP contribution in [0.4, 0.5) is 0 Å². The number of likely N-dealkylation sites (tertiary alicyclic amines) is 1. The van der Waals surface area contributed by atoms with Crippen LogP contribution in [0.15, 0.2) is 35.2 Å². The second-order valence-electron chi connectivity index (χ2n) is 5.00. The highest BCUT2D eigenvalue weighted by Crippen LogP contribution is 2.25. The van der Waals surface area contributed by atoms with Gasteiger partial charge in [0.05, 0.1) is 5.60 Å². The monoisotopic (exact) mass is 281 g/mol. The Hall–Kier alpha value is -1.04. The number of aliphatic carboxylic acids is 1. The number of carboxylic acids is 1. The van der Waals surface area contributed by atoms with E-state index < -0.39 is 5.97 Å². The minimum Gasteiger partial charge on any atom is -0.480 e. The van der Waals surface area contributed by atoms with Crippen molar-refractivity contribution in [2.45, 2.75) is 17.4 Å². The van der Waals surface area contributed by atoms with Gasteiger partial charge < -0.3 is 9.84 Å². The normalized spacial score (nSPS) is 17.9. The molecule has 0 atom stereocenters. The first-order chi connectivity index (χ1) is 9.07. The first-order valence-electron chi connectivity index (χ1n) is 6.33. The summed E-state index contributed by atoms with van der Waals surface area (Å²) in [5.41, 5.74) is -0.282. The zero-order chi connectivity index (χ0) is 13.7. The van der Waals surface area contributed by atoms with E-state index in [4.69, 9.17) is 9.84 Å². The topological polar surface area (TPSA) is 49.8 Å². The molecule has 1 aromatic carbocycles. The number of carbonyl (C=O) groups is 1. The standard InChI is InChI=1S/C14H19NO3S/c1-14(18-9-13(16)17)10-15(11-14)7-8-19-12-5-3-2-4-6-12/h2-6H,7-11H2,1H3,(H,16,17). The van der Waals surface area contributed by atoms with Gasteiger partial charge in [-0.05, 0) is 19.1 Å². The van der Waals surface area contributed by atoms with Gasteiger partial charge in [-0.3, -0.25) is 4.90 Å². The molecule has 0 aliphatic carbocycles. The van der Waals surface area contributed by atoms with Crippen LogP contribution in [0.25, 0.3) is 0 Å². The molecule has 0 radical (unpaired) electrons. The Kier molecular flexibility index (Phi) is 4.85. The summed E-state index contributed by atoms with van der Waals surface area (Å²) in [6.07, 6.45) is 0. The number of thioether (sulfide) groups is 1. The van der Waals surface area contributed by atoms with Gasteiger partial charge in [-0.25, -0.2) is 4.79 Å². The highest BCUT2D eigenvalue weighted by molar-refractivity contribution is 7.99. The van der Waals surface area contributed by atoms with Crippen molar-refractivity contribution in [3.63, 3.8) is 0 Å². The first-order valence-corrected chi connectivity index (χ1v) is 7.32. The van der Waals surface area contributed by atoms with E-state index in [0.717, 1.165) is 25.4 Å². The molecule has 1 N–H and O–H groups in total. The highest BCUT2D eigenvalue weighted by atomic mass is 32.2. The average Bonchev–Trinajstić information content (AvgIpc) is 2.35. The van der Waals surface area contributed by atoms with Gasteiger partial charge in [0, 0.05) is 30.3 Å². The highest BCUT2D eigenvalue weighted by Gasteiger charge is 2.39. The molecule has 1 heterocycles. The maximum absolute atomic E-state index is 10.5. The van der Waals surface area contributed by atoms with E-state index >= 15 is 0 Å². The van der Waals surface area contributed by atoms with Crippen LogP contribution in [0.3, 0.4) is 0 Å². The van der Waals surface area contributed by atoms with Gasteiger partial charge >= 0.3 is 5.97 Å². The van der Waals surface area contributed by atoms with E-state index in [0.29, 0.717) is 0 Å². The summed E-state index contributed by atoms with van der Waals surface area (Å²) in [5.74, 6) is 0.137. The average molecular weight is 281 g/mol. The minimum atomic E-state index is -0.903. The molecule has 0 bridgehead atoms. The van der Waals surface area contributed by atoms with E-state index in [1.165, 1.54) is 4.90 Å². The molecule has 4 nitrogen and oxygen atoms in total. The quantitative estimate of drug-likeness (QED) is 0.774. The van der Waals surface area contributed by atoms with Crippen LogP contribution in [-0.2, 0) is 9.53 Å². The van der Waals surface area contributed by atoms with Crippen LogP contribution >= 0.6 is 11.8 Å². The maximum Gasteiger partial charge on any atom is 0.329 e. The Morgan fingerprint density at radius 3 is 2.74 bits per heavy atom. The number of rotatable bonds is 7. The lowest BCUT2D eigenvalue weighted by molar-refractivity contribution is -0.164. The Labute approximate surface area is 117 Å². The predicted octanol–water partition coefficient (Wildman–Crippen LogP) is 1.95. The molecular formula is C14H19NO3S. The molecule has 0 amide bonds. The van der Waals surface area contributed by atoms with Crippen molar-refractivity contribution < 1.29 is 14.6 Å². The Balaban J connectivity index is 1.61. The van der Waals surface area contributed by atoms with Gasteiger partial charge in [0.1, 0.15) is 6.61 Å². The fraction of sp³-hybridized carbons (Fsp3) is 0.500. The van der Waals surface area contributed by atoms with Crippen LogP contribution in [0, 0.1) is 0 Å². The second-order valence-corrected chi connectivity index (χ2v) is 6.17. The summed E-state index contributed by atoms with van der Waals surface area (Å²) in [6, 6.07) is 10.3. The van der Waals surface area contributed by atoms with Crippen molar-refractivity contribution in [3.05, 3.63) is 30.3 Å². The summed E-state index contributed by atoms with van der Waals surface area (Å²) in [6.45, 7) is 4.40. The maximum atomic E-state index is 10.5. The van der Waals surface area contributed by atoms with Gasteiger partial charge in [0.15, 0.2) is 0 Å². The molecule has 5 heteroatoms. The third-order valence-corrected chi connectivity index (χ3v) is 4.07. The molecule has 0 saturated carbocycles. The van der Waals surface area contributed by atoms with Crippen molar-refractivity contribution in [2.75, 3.05) is 32.0 Å². The third-order valence-electron chi connectivity index (χ3n) is 3.08. The molecule has 1 aliphatic rings. The van der Waals surface area contributed by atoms with E-state index in [1.807, 2.05) is 36.9 Å². The van der Waals surface area contributed by atoms with Crippen LogP contribution in [0.5, 0.6) is 0 Å². The molecule has 0 aromatic heterocycles. The summed E-state index contributed by atoms with van der Waals surface area (Å²) in [5, 5.41) is 8.59. The summed E-state index contributed by atoms with van der Waals surface area (Å²) < 4.78 is 5.37. The molecule has 19 heavy (non-hydrogen) atoms. The second kappa shape index (κ2) is 6.41. The Bertz CT molecular complexity index is 418. The lowest BCUT2D eigenvalue weighted by Crippen LogP contribution is -2.62. The number of carboxylic acid groups (broad SMARTS) is 1. The minimum absolute atomic E-state index is 0.205. The number of hydrogen-bond acceptors (Lipinski definition) is 4. The van der Waals surface area contributed by atoms with Crippen LogP contribution in [-0.4, -0.2) is 53.6 Å². The van der Waals surface area contributed by atoms with E-state index in [2.05, 4.69) is 17.0 Å². The summed E-state index contributed by atoms with van der Waals surface area (Å²) in [4.78, 5) is 14.0. The molecule has 2 rings (SSSR count). The van der Waals surface area contributed by atoms with Crippen molar-refractivity contribution >= 4 is 17.7 Å². The molecule has 1 aromatic rings. The number of nitrogens with zero attached hydrogens (tertiary/aromatic N) is 1. The number of hydrogen-bond donors (Lipinski definition) is 1. The number of ether oxygens (including phenoxy) is 1. The summed E-state index contributed by atoms with van der Waals surface area (Å²) >= 11 is 1.84. The number of benzene rings is 1. The zero-order valence-corrected chi connectivity index (χ0v) is 11.9. The predicted molar refractivity (Wildman–Crippen MR) is 75.6 cm³/mol. The van der Waals surface area contributed by atoms with E-state index in [1.54, 1.807) is 0 Å². The van der Waals surface area contributed by atoms with Gasteiger partial charge in [-0.2, -0.15) is 0 Å². The van der Waals surface area contributed by atoms with Crippen LogP contribution < -0.4 is 0 Å². The Morgan fingerprint density at radius 2 is 2.11 bits per heavy atom. The van der Waals surface area contributed by atoms with Gasteiger partial charge in [-0.15, -0.1) is 11.8 Å². The largest absolute Gasteiger partial charge is 0.480 e. The first kappa shape index (κ1) is 14.4. The Morgan fingerprint density at radius 1 is 1.42 bits per heavy atom. The zero-order valence-electron chi connectivity index (χ0n) is 11.0. The fourth-order valence-corrected chi connectivity index (χ4v) is 3.13. The SMILES string of the molecule is CC1(OCC(=O)O)CN(CCSc2ccccc2)C1. The van der Waals surface area contributed by atoms with Gasteiger partial charge in [0.25, 0.3) is 0 Å². The third kappa shape index (κ3) is 4.53. The lowest BCUT2D eigenvalue weighted by atomic mass is 9.97. The summed E-state index contributed by atoms with van der Waals surface area (Å²) in [7, 11) is 0. The van der Waals surface area contributed by atoms with Crippen molar-refractivity contribution in [1.82, 2.24) is 4.90 Å². The van der Waals surface area contributed by atoms with Crippen LogP contribution in [0.2, 0.25) is 0 Å². The smallest absolute Gasteiger partial charge is 0.329 e. The van der Waals surface area contributed by atoms with Gasteiger partial charge in [-0.1, -0.05) is 18.2 Å². The molecular weight excluding hydrogens is 262 g/mol. The van der Waals surface area contributed by atoms with E-state index in [-0.39, 0.29) is 12.2 Å². The molecule has 1 fully saturated rings. The lowest BCUT2D eigenvalue weighted by Gasteiger charge is -2.47.